The molecule has 4 atom stereocenters. The normalized spacial score (nSPS) is 23.5. The summed E-state index contributed by atoms with van der Waals surface area (Å²) < 4.78 is 7.46. The van der Waals surface area contributed by atoms with Gasteiger partial charge in [0.15, 0.2) is 0 Å². The van der Waals surface area contributed by atoms with Crippen LogP contribution in [0.2, 0.25) is 5.02 Å². The number of esters is 1. The standard InChI is InChI=1S/C29H32ClN5O2/c1-37-29(36)27-17-23-22-8-2-3-9-24(22)33-28(23)26-16-21(32-10-5-12-34-13-11-31-18-34)15-25(35(26)27)19-6-4-7-20(30)14-19/h2-4,6-9,11,13-14,18,21,25-27,32-33H,5,10,12,15-17H2,1H3/t21-,25+,26-,27+/m1/s1. The van der Waals surface area contributed by atoms with Crippen LogP contribution in [-0.2, 0) is 22.5 Å². The zero-order valence-electron chi connectivity index (χ0n) is 20.9. The molecule has 2 N–H and O–H groups in total. The lowest BCUT2D eigenvalue weighted by atomic mass is 9.79. The number of rotatable bonds is 7. The maximum Gasteiger partial charge on any atom is 0.323 e. The predicted molar refractivity (Wildman–Crippen MR) is 144 cm³/mol. The fourth-order valence-corrected chi connectivity index (χ4v) is 6.54. The van der Waals surface area contributed by atoms with Gasteiger partial charge in [0.05, 0.1) is 19.5 Å². The second-order valence-corrected chi connectivity index (χ2v) is 10.6. The van der Waals surface area contributed by atoms with Gasteiger partial charge in [0.25, 0.3) is 0 Å². The van der Waals surface area contributed by atoms with Crippen molar-refractivity contribution in [2.75, 3.05) is 13.7 Å². The number of nitrogens with one attached hydrogen (secondary N) is 2. The van der Waals surface area contributed by atoms with Gasteiger partial charge in [-0.05, 0) is 55.1 Å². The van der Waals surface area contributed by atoms with Crippen LogP contribution in [0.15, 0.2) is 67.3 Å². The average Bonchev–Trinajstić information content (AvgIpc) is 3.58. The Balaban J connectivity index is 1.35. The number of carbonyl (C=O) groups is 1. The van der Waals surface area contributed by atoms with Crippen molar-refractivity contribution in [3.63, 3.8) is 0 Å². The van der Waals surface area contributed by atoms with E-state index in [2.05, 4.69) is 55.1 Å². The molecule has 0 spiro atoms. The number of aryl methyl sites for hydroxylation is 1. The van der Waals surface area contributed by atoms with Crippen LogP contribution in [0.4, 0.5) is 0 Å². The van der Waals surface area contributed by atoms with Crippen molar-refractivity contribution in [2.24, 2.45) is 0 Å². The molecule has 37 heavy (non-hydrogen) atoms. The fraction of sp³-hybridized carbons (Fsp3) is 0.379. The second-order valence-electron chi connectivity index (χ2n) is 10.1. The maximum absolute atomic E-state index is 13.2. The number of halogens is 1. The van der Waals surface area contributed by atoms with Crippen LogP contribution in [0.25, 0.3) is 10.9 Å². The van der Waals surface area contributed by atoms with Crippen LogP contribution < -0.4 is 5.32 Å². The number of hydrogen-bond donors (Lipinski definition) is 2. The first-order valence-corrected chi connectivity index (χ1v) is 13.4. The molecule has 0 aliphatic carbocycles. The predicted octanol–water partition coefficient (Wildman–Crippen LogP) is 5.04. The minimum atomic E-state index is -0.354. The Bertz CT molecular complexity index is 1380. The number of piperidine rings is 1. The highest BCUT2D eigenvalue weighted by Crippen LogP contribution is 2.49. The van der Waals surface area contributed by atoms with Crippen molar-refractivity contribution in [3.05, 3.63) is 89.1 Å². The number of carbonyl (C=O) groups excluding carboxylic acids is 1. The van der Waals surface area contributed by atoms with E-state index < -0.39 is 0 Å². The van der Waals surface area contributed by atoms with E-state index in [9.17, 15) is 4.79 Å². The molecule has 0 amide bonds. The zero-order valence-corrected chi connectivity index (χ0v) is 21.7. The van der Waals surface area contributed by atoms with Crippen LogP contribution in [0.3, 0.4) is 0 Å². The number of imidazole rings is 1. The first kappa shape index (κ1) is 24.2. The van der Waals surface area contributed by atoms with E-state index in [4.69, 9.17) is 16.3 Å². The molecule has 0 bridgehead atoms. The molecule has 0 unspecified atom stereocenters. The van der Waals surface area contributed by atoms with Gasteiger partial charge in [-0.3, -0.25) is 9.69 Å². The summed E-state index contributed by atoms with van der Waals surface area (Å²) >= 11 is 6.45. The number of para-hydroxylation sites is 1. The van der Waals surface area contributed by atoms with Gasteiger partial charge in [-0.15, -0.1) is 0 Å². The van der Waals surface area contributed by atoms with E-state index in [0.717, 1.165) is 43.4 Å². The molecule has 8 heteroatoms. The Hall–Kier alpha value is -3.13. The lowest BCUT2D eigenvalue weighted by Crippen LogP contribution is -2.55. The lowest BCUT2D eigenvalue weighted by Gasteiger charge is -2.50. The minimum Gasteiger partial charge on any atom is -0.468 e. The van der Waals surface area contributed by atoms with E-state index in [1.54, 1.807) is 0 Å². The topological polar surface area (TPSA) is 75.2 Å². The lowest BCUT2D eigenvalue weighted by molar-refractivity contribution is -0.152. The van der Waals surface area contributed by atoms with Crippen molar-refractivity contribution in [1.82, 2.24) is 24.8 Å². The smallest absolute Gasteiger partial charge is 0.323 e. The number of ether oxygens (including phenoxy) is 1. The molecule has 4 heterocycles. The number of hydrogen-bond acceptors (Lipinski definition) is 5. The molecule has 0 radical (unpaired) electrons. The van der Waals surface area contributed by atoms with Gasteiger partial charge in [-0.2, -0.15) is 0 Å². The number of H-pyrrole nitrogens is 1. The summed E-state index contributed by atoms with van der Waals surface area (Å²) in [5, 5.41) is 5.74. The highest BCUT2D eigenvalue weighted by atomic mass is 35.5. The molecule has 0 saturated carbocycles. The summed E-state index contributed by atoms with van der Waals surface area (Å²) in [6.07, 6.45) is 9.13. The number of aromatic amines is 1. The van der Waals surface area contributed by atoms with Crippen molar-refractivity contribution < 1.29 is 9.53 Å². The van der Waals surface area contributed by atoms with E-state index in [1.807, 2.05) is 36.9 Å². The molecule has 6 rings (SSSR count). The fourth-order valence-electron chi connectivity index (χ4n) is 6.34. The Morgan fingerprint density at radius 3 is 2.86 bits per heavy atom. The van der Waals surface area contributed by atoms with Gasteiger partial charge in [-0.25, -0.2) is 4.98 Å². The van der Waals surface area contributed by atoms with Crippen molar-refractivity contribution in [3.8, 4) is 0 Å². The number of methoxy groups -OCH3 is 1. The number of fused-ring (bicyclic) bond motifs is 5. The first-order valence-electron chi connectivity index (χ1n) is 13.0. The monoisotopic (exact) mass is 517 g/mol. The van der Waals surface area contributed by atoms with Crippen LogP contribution >= 0.6 is 11.6 Å². The largest absolute Gasteiger partial charge is 0.468 e. The zero-order chi connectivity index (χ0) is 25.4. The van der Waals surface area contributed by atoms with Crippen LogP contribution in [0.1, 0.15) is 48.2 Å². The van der Waals surface area contributed by atoms with Crippen molar-refractivity contribution in [2.45, 2.75) is 56.4 Å². The van der Waals surface area contributed by atoms with Crippen molar-refractivity contribution in [1.29, 1.82) is 0 Å². The summed E-state index contributed by atoms with van der Waals surface area (Å²) in [5.41, 5.74) is 4.71. The first-order chi connectivity index (χ1) is 18.1. The third-order valence-corrected chi connectivity index (χ3v) is 8.20. The van der Waals surface area contributed by atoms with Gasteiger partial charge < -0.3 is 19.6 Å². The van der Waals surface area contributed by atoms with Gasteiger partial charge in [0.2, 0.25) is 0 Å². The molecule has 7 nitrogen and oxygen atoms in total. The summed E-state index contributed by atoms with van der Waals surface area (Å²) in [7, 11) is 1.49. The number of aromatic nitrogens is 3. The summed E-state index contributed by atoms with van der Waals surface area (Å²) in [5.74, 6) is -0.181. The Kier molecular flexibility index (Phi) is 6.76. The molecule has 2 aromatic heterocycles. The van der Waals surface area contributed by atoms with E-state index in [-0.39, 0.29) is 24.1 Å². The maximum atomic E-state index is 13.2. The second kappa shape index (κ2) is 10.3. The SMILES string of the molecule is COC(=O)[C@@H]1Cc2c([nH]c3ccccc23)[C@H]2C[C@H](NCCCn3ccnc3)C[C@@H](c3cccc(Cl)c3)N21. The van der Waals surface area contributed by atoms with E-state index >= 15 is 0 Å². The third kappa shape index (κ3) is 4.67. The van der Waals surface area contributed by atoms with E-state index in [0.29, 0.717) is 17.5 Å². The molecule has 2 aromatic carbocycles. The molecule has 1 saturated heterocycles. The average molecular weight is 518 g/mol. The van der Waals surface area contributed by atoms with E-state index in [1.165, 1.54) is 23.8 Å². The quantitative estimate of drug-likeness (QED) is 0.265. The summed E-state index contributed by atoms with van der Waals surface area (Å²) in [6.45, 7) is 1.85. The Morgan fingerprint density at radius 1 is 1.19 bits per heavy atom. The van der Waals surface area contributed by atoms with Gasteiger partial charge >= 0.3 is 5.97 Å². The van der Waals surface area contributed by atoms with Gasteiger partial charge in [0.1, 0.15) is 6.04 Å². The van der Waals surface area contributed by atoms with Crippen LogP contribution in [0.5, 0.6) is 0 Å². The highest BCUT2D eigenvalue weighted by molar-refractivity contribution is 6.30. The van der Waals surface area contributed by atoms with Crippen LogP contribution in [-0.4, -0.2) is 51.1 Å². The molecule has 2 aliphatic heterocycles. The van der Waals surface area contributed by atoms with Gasteiger partial charge in [-0.1, -0.05) is 41.9 Å². The molecule has 4 aromatic rings. The van der Waals surface area contributed by atoms with Crippen molar-refractivity contribution >= 4 is 28.5 Å². The summed E-state index contributed by atoms with van der Waals surface area (Å²) in [6, 6.07) is 16.5. The number of benzene rings is 2. The summed E-state index contributed by atoms with van der Waals surface area (Å²) in [4.78, 5) is 23.5. The Labute approximate surface area is 221 Å². The molecule has 2 aliphatic rings. The molecule has 192 valence electrons. The molecular weight excluding hydrogens is 486 g/mol. The third-order valence-electron chi connectivity index (χ3n) is 7.96. The Morgan fingerprint density at radius 2 is 2.05 bits per heavy atom. The highest BCUT2D eigenvalue weighted by Gasteiger charge is 2.48. The van der Waals surface area contributed by atoms with Gasteiger partial charge in [0, 0.05) is 59.1 Å². The minimum absolute atomic E-state index is 0.0345. The number of nitrogens with zero attached hydrogens (tertiary/aromatic N) is 3. The van der Waals surface area contributed by atoms with Crippen LogP contribution in [0, 0.1) is 0 Å². The molecular formula is C29H32ClN5O2. The molecule has 1 fully saturated rings.